The van der Waals surface area contributed by atoms with Crippen molar-refractivity contribution in [3.8, 4) is 0 Å². The number of unbranched alkanes of at least 4 members (excludes halogenated alkanes) is 14. The van der Waals surface area contributed by atoms with Gasteiger partial charge in [0.1, 0.15) is 0 Å². The lowest BCUT2D eigenvalue weighted by molar-refractivity contribution is 0.0356. The van der Waals surface area contributed by atoms with Crippen LogP contribution in [0.2, 0.25) is 0 Å². The number of hydrogen-bond acceptors (Lipinski definition) is 3. The van der Waals surface area contributed by atoms with Crippen LogP contribution in [-0.2, 0) is 4.74 Å². The van der Waals surface area contributed by atoms with E-state index in [4.69, 9.17) is 9.84 Å². The molecule has 0 fully saturated rings. The molecule has 0 spiro atoms. The molecule has 0 amide bonds. The fraction of sp³-hybridized carbons (Fsp3) is 1.00. The molecular formula is C22H46O2S. The maximum atomic E-state index is 9.15. The van der Waals surface area contributed by atoms with Crippen molar-refractivity contribution in [2.75, 3.05) is 24.7 Å². The van der Waals surface area contributed by atoms with Crippen LogP contribution < -0.4 is 0 Å². The van der Waals surface area contributed by atoms with Crippen LogP contribution in [-0.4, -0.2) is 35.9 Å². The van der Waals surface area contributed by atoms with Gasteiger partial charge < -0.3 is 9.84 Å². The van der Waals surface area contributed by atoms with Crippen LogP contribution in [0.15, 0.2) is 0 Å². The summed E-state index contributed by atoms with van der Waals surface area (Å²) in [5, 5.41) is 9.15. The second kappa shape index (κ2) is 22.3. The minimum atomic E-state index is 0.0336. The lowest BCUT2D eigenvalue weighted by atomic mass is 10.0. The average Bonchev–Trinajstić information content (AvgIpc) is 2.63. The molecule has 25 heavy (non-hydrogen) atoms. The molecule has 2 nitrogen and oxygen atoms in total. The Bertz CT molecular complexity index is 236. The zero-order valence-electron chi connectivity index (χ0n) is 17.3. The predicted molar refractivity (Wildman–Crippen MR) is 115 cm³/mol. The molecule has 0 aliphatic heterocycles. The molecule has 0 heterocycles. The molecule has 3 heteroatoms. The van der Waals surface area contributed by atoms with E-state index in [9.17, 15) is 0 Å². The quantitative estimate of drug-likeness (QED) is 0.220. The molecule has 1 N–H and O–H groups in total. The van der Waals surface area contributed by atoms with Crippen LogP contribution in [0.4, 0.5) is 0 Å². The van der Waals surface area contributed by atoms with Gasteiger partial charge >= 0.3 is 0 Å². The molecular weight excluding hydrogens is 328 g/mol. The number of rotatable bonds is 21. The van der Waals surface area contributed by atoms with Gasteiger partial charge in [-0.15, -0.1) is 0 Å². The van der Waals surface area contributed by atoms with Crippen molar-refractivity contribution in [2.45, 2.75) is 116 Å². The Morgan fingerprint density at radius 2 is 1.12 bits per heavy atom. The third kappa shape index (κ3) is 20.4. The summed E-state index contributed by atoms with van der Waals surface area (Å²) in [7, 11) is 0. The molecule has 0 rings (SSSR count). The van der Waals surface area contributed by atoms with Gasteiger partial charge in [0.05, 0.1) is 12.7 Å². The molecule has 0 bridgehead atoms. The van der Waals surface area contributed by atoms with Gasteiger partial charge in [-0.2, -0.15) is 11.8 Å². The zero-order valence-corrected chi connectivity index (χ0v) is 18.1. The smallest absolute Gasteiger partial charge is 0.0895 e. The SMILES string of the molecule is CCCCCCCCCCCCCCCCCSCC(CO)OCC. The number of aliphatic hydroxyl groups is 1. The first-order valence-corrected chi connectivity index (χ1v) is 12.3. The molecule has 0 radical (unpaired) electrons. The molecule has 0 saturated heterocycles. The molecule has 0 aromatic carbocycles. The van der Waals surface area contributed by atoms with E-state index in [0.29, 0.717) is 6.61 Å². The van der Waals surface area contributed by atoms with E-state index < -0.39 is 0 Å². The lowest BCUT2D eigenvalue weighted by Crippen LogP contribution is -2.20. The minimum Gasteiger partial charge on any atom is -0.394 e. The summed E-state index contributed by atoms with van der Waals surface area (Å²) < 4.78 is 5.45. The van der Waals surface area contributed by atoms with E-state index in [0.717, 1.165) is 5.75 Å². The van der Waals surface area contributed by atoms with Crippen LogP contribution in [0.3, 0.4) is 0 Å². The molecule has 0 saturated carbocycles. The van der Waals surface area contributed by atoms with Gasteiger partial charge in [-0.25, -0.2) is 0 Å². The van der Waals surface area contributed by atoms with Crippen molar-refractivity contribution in [3.05, 3.63) is 0 Å². The number of ether oxygens (including phenoxy) is 1. The van der Waals surface area contributed by atoms with Gasteiger partial charge in [-0.1, -0.05) is 96.8 Å². The highest BCUT2D eigenvalue weighted by Crippen LogP contribution is 2.14. The van der Waals surface area contributed by atoms with Crippen LogP contribution >= 0.6 is 11.8 Å². The molecule has 1 unspecified atom stereocenters. The van der Waals surface area contributed by atoms with E-state index in [1.807, 2.05) is 18.7 Å². The summed E-state index contributed by atoms with van der Waals surface area (Å²) in [5.41, 5.74) is 0. The van der Waals surface area contributed by atoms with Crippen molar-refractivity contribution in [3.63, 3.8) is 0 Å². The van der Waals surface area contributed by atoms with Gasteiger partial charge in [-0.3, -0.25) is 0 Å². The standard InChI is InChI=1S/C22H46O2S/c1-3-5-6-7-8-9-10-11-12-13-14-15-16-17-18-19-25-21-22(20-23)24-4-2/h22-23H,3-21H2,1-2H3. The monoisotopic (exact) mass is 374 g/mol. The maximum absolute atomic E-state index is 9.15. The highest BCUT2D eigenvalue weighted by atomic mass is 32.2. The second-order valence-corrected chi connectivity index (χ2v) is 8.43. The molecule has 1 atom stereocenters. The average molecular weight is 375 g/mol. The highest BCUT2D eigenvalue weighted by molar-refractivity contribution is 7.99. The minimum absolute atomic E-state index is 0.0336. The molecule has 0 aromatic heterocycles. The fourth-order valence-corrected chi connectivity index (χ4v) is 4.22. The zero-order chi connectivity index (χ0) is 18.4. The Kier molecular flexibility index (Phi) is 22.6. The van der Waals surface area contributed by atoms with Gasteiger partial charge in [0.25, 0.3) is 0 Å². The summed E-state index contributed by atoms with van der Waals surface area (Å²) in [6.07, 6.45) is 21.4. The Morgan fingerprint density at radius 1 is 0.680 bits per heavy atom. The normalized spacial score (nSPS) is 12.6. The van der Waals surface area contributed by atoms with E-state index in [1.54, 1.807) is 0 Å². The summed E-state index contributed by atoms with van der Waals surface area (Å²) in [6, 6.07) is 0. The Labute approximate surface area is 162 Å². The van der Waals surface area contributed by atoms with Gasteiger partial charge in [0.2, 0.25) is 0 Å². The summed E-state index contributed by atoms with van der Waals surface area (Å²) in [4.78, 5) is 0. The van der Waals surface area contributed by atoms with E-state index in [1.165, 1.54) is 102 Å². The number of aliphatic hydroxyl groups excluding tert-OH is 1. The number of hydrogen-bond donors (Lipinski definition) is 1. The molecule has 0 aliphatic rings. The first-order valence-electron chi connectivity index (χ1n) is 11.1. The van der Waals surface area contributed by atoms with Crippen molar-refractivity contribution < 1.29 is 9.84 Å². The van der Waals surface area contributed by atoms with Crippen LogP contribution in [0.25, 0.3) is 0 Å². The van der Waals surface area contributed by atoms with E-state index in [2.05, 4.69) is 6.92 Å². The third-order valence-corrected chi connectivity index (χ3v) is 5.99. The topological polar surface area (TPSA) is 29.5 Å². The van der Waals surface area contributed by atoms with Crippen LogP contribution in [0.5, 0.6) is 0 Å². The maximum Gasteiger partial charge on any atom is 0.0895 e. The van der Waals surface area contributed by atoms with Crippen LogP contribution in [0, 0.1) is 0 Å². The van der Waals surface area contributed by atoms with Crippen LogP contribution in [0.1, 0.15) is 110 Å². The van der Waals surface area contributed by atoms with Crippen molar-refractivity contribution in [1.82, 2.24) is 0 Å². The van der Waals surface area contributed by atoms with Gasteiger partial charge in [-0.05, 0) is 19.1 Å². The summed E-state index contributed by atoms with van der Waals surface area (Å²) in [5.74, 6) is 2.14. The Morgan fingerprint density at radius 3 is 1.52 bits per heavy atom. The predicted octanol–water partition coefficient (Wildman–Crippen LogP) is 6.99. The summed E-state index contributed by atoms with van der Waals surface area (Å²) >= 11 is 1.93. The first kappa shape index (κ1) is 25.3. The Balaban J connectivity index is 3.07. The first-order chi connectivity index (χ1) is 12.3. The van der Waals surface area contributed by atoms with Crippen molar-refractivity contribution in [2.24, 2.45) is 0 Å². The van der Waals surface area contributed by atoms with E-state index >= 15 is 0 Å². The van der Waals surface area contributed by atoms with Crippen molar-refractivity contribution >= 4 is 11.8 Å². The summed E-state index contributed by atoms with van der Waals surface area (Å²) in [6.45, 7) is 5.13. The lowest BCUT2D eigenvalue weighted by Gasteiger charge is -2.13. The molecule has 0 aliphatic carbocycles. The Hall–Kier alpha value is 0.270. The largest absolute Gasteiger partial charge is 0.394 e. The molecule has 0 aromatic rings. The third-order valence-electron chi connectivity index (χ3n) is 4.80. The van der Waals surface area contributed by atoms with Crippen molar-refractivity contribution in [1.29, 1.82) is 0 Å². The highest BCUT2D eigenvalue weighted by Gasteiger charge is 2.05. The number of thioether (sulfide) groups is 1. The molecule has 152 valence electrons. The fourth-order valence-electron chi connectivity index (χ4n) is 3.18. The van der Waals surface area contributed by atoms with Gasteiger partial charge in [0, 0.05) is 12.4 Å². The second-order valence-electron chi connectivity index (χ2n) is 7.28. The van der Waals surface area contributed by atoms with Gasteiger partial charge in [0.15, 0.2) is 0 Å². The van der Waals surface area contributed by atoms with E-state index in [-0.39, 0.29) is 12.7 Å².